The number of hydrogen-bond donors (Lipinski definition) is 1. The molecule has 6 heteroatoms. The lowest BCUT2D eigenvalue weighted by Gasteiger charge is -2.43. The summed E-state index contributed by atoms with van der Waals surface area (Å²) in [5, 5.41) is 3.38. The molecule has 0 aliphatic carbocycles. The zero-order valence-corrected chi connectivity index (χ0v) is 20.6. The normalized spacial score (nSPS) is 26.2. The van der Waals surface area contributed by atoms with Gasteiger partial charge in [0, 0.05) is 26.2 Å². The van der Waals surface area contributed by atoms with Crippen molar-refractivity contribution in [1.82, 2.24) is 20.0 Å². The molecule has 3 heterocycles. The van der Waals surface area contributed by atoms with Gasteiger partial charge in [-0.25, -0.2) is 0 Å². The molecular weight excluding hydrogens is 388 g/mol. The van der Waals surface area contributed by atoms with E-state index in [0.29, 0.717) is 18.4 Å². The van der Waals surface area contributed by atoms with Gasteiger partial charge in [0.15, 0.2) is 0 Å². The molecule has 31 heavy (non-hydrogen) atoms. The number of hydrogen-bond acceptors (Lipinski definition) is 4. The van der Waals surface area contributed by atoms with E-state index in [1.54, 1.807) is 0 Å². The van der Waals surface area contributed by atoms with Crippen molar-refractivity contribution in [2.45, 2.75) is 78.3 Å². The van der Waals surface area contributed by atoms with Crippen LogP contribution in [0, 0.1) is 23.7 Å². The number of rotatable bonds is 7. The van der Waals surface area contributed by atoms with Crippen molar-refractivity contribution in [3.05, 3.63) is 0 Å². The highest BCUT2D eigenvalue weighted by Gasteiger charge is 2.39. The van der Waals surface area contributed by atoms with Gasteiger partial charge in [-0.05, 0) is 82.3 Å². The first-order chi connectivity index (χ1) is 14.8. The number of piperidine rings is 2. The Hall–Kier alpha value is -1.14. The van der Waals surface area contributed by atoms with E-state index in [4.69, 9.17) is 0 Å². The summed E-state index contributed by atoms with van der Waals surface area (Å²) in [6.07, 6.45) is 6.45. The van der Waals surface area contributed by atoms with Crippen molar-refractivity contribution in [3.8, 4) is 0 Å². The molecule has 0 radical (unpaired) electrons. The first kappa shape index (κ1) is 24.5. The molecule has 178 valence electrons. The second-order valence-electron chi connectivity index (χ2n) is 11.1. The molecule has 0 aromatic rings. The molecular formula is C25H46N4O2. The lowest BCUT2D eigenvalue weighted by molar-refractivity contribution is -0.150. The molecule has 0 spiro atoms. The molecule has 0 aromatic carbocycles. The minimum absolute atomic E-state index is 0.125. The van der Waals surface area contributed by atoms with Crippen LogP contribution < -0.4 is 5.32 Å². The van der Waals surface area contributed by atoms with Crippen molar-refractivity contribution in [1.29, 1.82) is 0 Å². The van der Waals surface area contributed by atoms with E-state index in [1.807, 2.05) is 4.90 Å². The highest BCUT2D eigenvalue weighted by atomic mass is 16.2. The third-order valence-electron chi connectivity index (χ3n) is 7.67. The molecule has 3 rings (SSSR count). The summed E-state index contributed by atoms with van der Waals surface area (Å²) < 4.78 is 0. The van der Waals surface area contributed by atoms with Crippen LogP contribution in [0.15, 0.2) is 0 Å². The van der Waals surface area contributed by atoms with E-state index in [2.05, 4.69) is 49.9 Å². The lowest BCUT2D eigenvalue weighted by atomic mass is 9.78. The highest BCUT2D eigenvalue weighted by molar-refractivity contribution is 5.90. The third-order valence-corrected chi connectivity index (χ3v) is 7.67. The van der Waals surface area contributed by atoms with E-state index in [9.17, 15) is 9.59 Å². The summed E-state index contributed by atoms with van der Waals surface area (Å²) in [6, 6.07) is -0.449. The first-order valence-corrected chi connectivity index (χ1v) is 12.8. The van der Waals surface area contributed by atoms with E-state index in [1.165, 1.54) is 25.9 Å². The fraction of sp³-hybridized carbons (Fsp3) is 0.920. The number of amides is 2. The molecule has 3 saturated heterocycles. The van der Waals surface area contributed by atoms with Gasteiger partial charge in [-0.1, -0.05) is 27.7 Å². The van der Waals surface area contributed by atoms with Crippen LogP contribution in [-0.4, -0.2) is 84.9 Å². The number of carbonyl (C=O) groups excluding carboxylic acids is 2. The SMILES string of the molecule is CC(C)C[C@@H]1NCCN([C@@H](CC(C)C)C(=O)N2CCC(C3CCN(C)CC3)CC2)C1=O. The molecule has 0 unspecified atom stereocenters. The fourth-order valence-electron chi connectivity index (χ4n) is 5.83. The van der Waals surface area contributed by atoms with Gasteiger partial charge in [0.2, 0.25) is 11.8 Å². The average Bonchev–Trinajstić information content (AvgIpc) is 2.73. The minimum Gasteiger partial charge on any atom is -0.341 e. The third kappa shape index (κ3) is 6.44. The Kier molecular flexibility index (Phi) is 8.80. The Morgan fingerprint density at radius 1 is 0.935 bits per heavy atom. The number of likely N-dealkylation sites (tertiary alicyclic amines) is 2. The van der Waals surface area contributed by atoms with Gasteiger partial charge in [-0.15, -0.1) is 0 Å². The molecule has 0 bridgehead atoms. The summed E-state index contributed by atoms with van der Waals surface area (Å²) >= 11 is 0. The molecule has 3 aliphatic rings. The van der Waals surface area contributed by atoms with E-state index in [-0.39, 0.29) is 23.9 Å². The minimum atomic E-state index is -0.302. The van der Waals surface area contributed by atoms with Crippen LogP contribution in [0.4, 0.5) is 0 Å². The molecule has 0 aromatic heterocycles. The van der Waals surface area contributed by atoms with Gasteiger partial charge in [-0.3, -0.25) is 9.59 Å². The summed E-state index contributed by atoms with van der Waals surface area (Å²) in [7, 11) is 2.22. The highest BCUT2D eigenvalue weighted by Crippen LogP contribution is 2.33. The predicted octanol–water partition coefficient (Wildman–Crippen LogP) is 2.83. The molecule has 2 atom stereocenters. The van der Waals surface area contributed by atoms with Gasteiger partial charge in [0.05, 0.1) is 6.04 Å². The Morgan fingerprint density at radius 3 is 2.06 bits per heavy atom. The standard InChI is InChI=1S/C25H46N4O2/c1-18(2)16-22-24(30)29(15-10-26-22)23(17-19(3)4)25(31)28-13-8-21(9-14-28)20-6-11-27(5)12-7-20/h18-23,26H,6-17H2,1-5H3/t22-,23-/m0/s1. The van der Waals surface area contributed by atoms with Crippen LogP contribution in [0.5, 0.6) is 0 Å². The van der Waals surface area contributed by atoms with Crippen LogP contribution in [0.3, 0.4) is 0 Å². The van der Waals surface area contributed by atoms with Crippen molar-refractivity contribution in [3.63, 3.8) is 0 Å². The molecule has 3 fully saturated rings. The largest absolute Gasteiger partial charge is 0.341 e. The van der Waals surface area contributed by atoms with Crippen LogP contribution >= 0.6 is 0 Å². The van der Waals surface area contributed by atoms with Gasteiger partial charge < -0.3 is 20.0 Å². The van der Waals surface area contributed by atoms with Crippen LogP contribution in [0.25, 0.3) is 0 Å². The van der Waals surface area contributed by atoms with Crippen molar-refractivity contribution in [2.24, 2.45) is 23.7 Å². The number of piperazine rings is 1. The van der Waals surface area contributed by atoms with Gasteiger partial charge >= 0.3 is 0 Å². The summed E-state index contributed by atoms with van der Waals surface area (Å²) in [6.45, 7) is 14.2. The van der Waals surface area contributed by atoms with E-state index in [0.717, 1.165) is 57.2 Å². The Balaban J connectivity index is 1.61. The van der Waals surface area contributed by atoms with E-state index < -0.39 is 0 Å². The zero-order valence-electron chi connectivity index (χ0n) is 20.6. The van der Waals surface area contributed by atoms with Crippen molar-refractivity contribution >= 4 is 11.8 Å². The van der Waals surface area contributed by atoms with E-state index >= 15 is 0 Å². The Bertz CT molecular complexity index is 592. The summed E-state index contributed by atoms with van der Waals surface area (Å²) in [4.78, 5) is 33.3. The second-order valence-corrected chi connectivity index (χ2v) is 11.1. The Morgan fingerprint density at radius 2 is 1.52 bits per heavy atom. The molecule has 2 amide bonds. The number of nitrogens with one attached hydrogen (secondary N) is 1. The fourth-order valence-corrected chi connectivity index (χ4v) is 5.83. The van der Waals surface area contributed by atoms with Crippen molar-refractivity contribution < 1.29 is 9.59 Å². The predicted molar refractivity (Wildman–Crippen MR) is 126 cm³/mol. The maximum absolute atomic E-state index is 13.6. The van der Waals surface area contributed by atoms with Gasteiger partial charge in [0.1, 0.15) is 6.04 Å². The zero-order chi connectivity index (χ0) is 22.5. The molecule has 3 aliphatic heterocycles. The topological polar surface area (TPSA) is 55.9 Å². The summed E-state index contributed by atoms with van der Waals surface area (Å²) in [5.41, 5.74) is 0. The van der Waals surface area contributed by atoms with Crippen molar-refractivity contribution in [2.75, 3.05) is 46.3 Å². The quantitative estimate of drug-likeness (QED) is 0.669. The smallest absolute Gasteiger partial charge is 0.245 e. The van der Waals surface area contributed by atoms with Gasteiger partial charge in [-0.2, -0.15) is 0 Å². The van der Waals surface area contributed by atoms with Crippen LogP contribution in [0.2, 0.25) is 0 Å². The first-order valence-electron chi connectivity index (χ1n) is 12.8. The van der Waals surface area contributed by atoms with Crippen LogP contribution in [0.1, 0.15) is 66.2 Å². The number of carbonyl (C=O) groups is 2. The van der Waals surface area contributed by atoms with Crippen LogP contribution in [-0.2, 0) is 9.59 Å². The lowest BCUT2D eigenvalue weighted by Crippen LogP contribution is -2.62. The second kappa shape index (κ2) is 11.1. The maximum atomic E-state index is 13.6. The average molecular weight is 435 g/mol. The summed E-state index contributed by atoms with van der Waals surface area (Å²) in [5.74, 6) is 2.74. The molecule has 1 N–H and O–H groups in total. The van der Waals surface area contributed by atoms with Gasteiger partial charge in [0.25, 0.3) is 0 Å². The Labute approximate surface area is 190 Å². The molecule has 0 saturated carbocycles. The number of nitrogens with zero attached hydrogens (tertiary/aromatic N) is 3. The maximum Gasteiger partial charge on any atom is 0.245 e. The molecule has 6 nitrogen and oxygen atoms in total. The monoisotopic (exact) mass is 434 g/mol.